The maximum atomic E-state index is 11.2. The molecule has 0 fully saturated rings. The lowest BCUT2D eigenvalue weighted by atomic mass is 10.0. The van der Waals surface area contributed by atoms with Gasteiger partial charge in [0, 0.05) is 4.92 Å². The van der Waals surface area contributed by atoms with Crippen LogP contribution in [0.1, 0.15) is 39.0 Å². The molecule has 0 heterocycles. The first kappa shape index (κ1) is 13.9. The van der Waals surface area contributed by atoms with Gasteiger partial charge in [0.2, 0.25) is 6.54 Å². The van der Waals surface area contributed by atoms with E-state index in [-0.39, 0.29) is 6.54 Å². The van der Waals surface area contributed by atoms with E-state index in [1.165, 1.54) is 7.11 Å². The molecule has 0 N–H and O–H groups in total. The number of rotatable bonds is 8. The van der Waals surface area contributed by atoms with Crippen molar-refractivity contribution in [2.24, 2.45) is 5.92 Å². The second-order valence-electron chi connectivity index (χ2n) is 3.58. The first-order chi connectivity index (χ1) is 7.11. The van der Waals surface area contributed by atoms with Crippen molar-refractivity contribution >= 4 is 5.97 Å². The molecule has 0 aromatic heterocycles. The summed E-state index contributed by atoms with van der Waals surface area (Å²) in [5.74, 6) is -1.05. The van der Waals surface area contributed by atoms with Crippen molar-refractivity contribution in [2.75, 3.05) is 13.7 Å². The molecule has 0 rings (SSSR count). The van der Waals surface area contributed by atoms with Crippen LogP contribution in [0.25, 0.3) is 0 Å². The molecule has 0 saturated carbocycles. The van der Waals surface area contributed by atoms with Crippen molar-refractivity contribution in [3.05, 3.63) is 10.1 Å². The highest BCUT2D eigenvalue weighted by Gasteiger charge is 2.24. The molecule has 0 saturated heterocycles. The van der Waals surface area contributed by atoms with Crippen molar-refractivity contribution in [1.29, 1.82) is 0 Å². The maximum Gasteiger partial charge on any atom is 0.315 e. The molecule has 0 aromatic rings. The minimum atomic E-state index is -0.582. The molecule has 88 valence electrons. The number of esters is 1. The van der Waals surface area contributed by atoms with Crippen molar-refractivity contribution in [3.63, 3.8) is 0 Å². The Bertz CT molecular complexity index is 206. The molecule has 0 amide bonds. The number of unbranched alkanes of at least 4 members (excludes halogenated alkanes) is 3. The van der Waals surface area contributed by atoms with E-state index in [0.717, 1.165) is 25.7 Å². The van der Waals surface area contributed by atoms with E-state index in [1.54, 1.807) is 0 Å². The standard InChI is InChI=1S/C10H19NO4/c1-3-4-5-6-7-9(8-11(13)14)10(12)15-2/h9H,3-8H2,1-2H3. The Morgan fingerprint density at radius 2 is 2.07 bits per heavy atom. The average Bonchev–Trinajstić information content (AvgIpc) is 2.21. The van der Waals surface area contributed by atoms with Gasteiger partial charge in [-0.15, -0.1) is 0 Å². The summed E-state index contributed by atoms with van der Waals surface area (Å²) in [7, 11) is 1.27. The van der Waals surface area contributed by atoms with Crippen molar-refractivity contribution in [1.82, 2.24) is 0 Å². The third kappa shape index (κ3) is 6.88. The highest BCUT2D eigenvalue weighted by Crippen LogP contribution is 2.12. The zero-order valence-electron chi connectivity index (χ0n) is 9.40. The first-order valence-electron chi connectivity index (χ1n) is 5.31. The zero-order chi connectivity index (χ0) is 11.7. The average molecular weight is 217 g/mol. The van der Waals surface area contributed by atoms with Crippen LogP contribution in [-0.4, -0.2) is 24.5 Å². The lowest BCUT2D eigenvalue weighted by Gasteiger charge is -2.09. The quantitative estimate of drug-likeness (QED) is 0.270. The number of methoxy groups -OCH3 is 1. The van der Waals surface area contributed by atoms with Crippen LogP contribution >= 0.6 is 0 Å². The number of nitro groups is 1. The van der Waals surface area contributed by atoms with E-state index in [2.05, 4.69) is 11.7 Å². The second kappa shape index (κ2) is 8.20. The van der Waals surface area contributed by atoms with Gasteiger partial charge in [-0.2, -0.15) is 0 Å². The minimum absolute atomic E-state index is 0.321. The molecule has 0 aliphatic heterocycles. The summed E-state index contributed by atoms with van der Waals surface area (Å²) >= 11 is 0. The molecule has 5 heteroatoms. The lowest BCUT2D eigenvalue weighted by Crippen LogP contribution is -2.24. The van der Waals surface area contributed by atoms with E-state index in [9.17, 15) is 14.9 Å². The fourth-order valence-electron chi connectivity index (χ4n) is 1.45. The monoisotopic (exact) mass is 217 g/mol. The summed E-state index contributed by atoms with van der Waals surface area (Å²) in [6.45, 7) is 1.77. The number of carbonyl (C=O) groups excluding carboxylic acids is 1. The van der Waals surface area contributed by atoms with Crippen LogP contribution in [0.15, 0.2) is 0 Å². The van der Waals surface area contributed by atoms with Crippen molar-refractivity contribution < 1.29 is 14.5 Å². The molecule has 0 aliphatic carbocycles. The van der Waals surface area contributed by atoms with Gasteiger partial charge in [-0.3, -0.25) is 14.9 Å². The predicted molar refractivity (Wildman–Crippen MR) is 56.1 cm³/mol. The Morgan fingerprint density at radius 3 is 2.53 bits per heavy atom. The topological polar surface area (TPSA) is 69.4 Å². The number of carbonyl (C=O) groups is 1. The third-order valence-electron chi connectivity index (χ3n) is 2.31. The summed E-state index contributed by atoms with van der Waals surface area (Å²) in [5.41, 5.74) is 0. The highest BCUT2D eigenvalue weighted by atomic mass is 16.6. The number of hydrogen-bond donors (Lipinski definition) is 0. The summed E-state index contributed by atoms with van der Waals surface area (Å²) in [6, 6.07) is 0. The van der Waals surface area contributed by atoms with Crippen LogP contribution in [0.4, 0.5) is 0 Å². The van der Waals surface area contributed by atoms with Crippen LogP contribution in [0.3, 0.4) is 0 Å². The van der Waals surface area contributed by atoms with Crippen LogP contribution in [0, 0.1) is 16.0 Å². The van der Waals surface area contributed by atoms with Gasteiger partial charge in [-0.05, 0) is 6.42 Å². The Hall–Kier alpha value is -1.13. The molecule has 0 aliphatic rings. The summed E-state index contributed by atoms with van der Waals surface area (Å²) < 4.78 is 4.53. The second-order valence-corrected chi connectivity index (χ2v) is 3.58. The highest BCUT2D eigenvalue weighted by molar-refractivity contribution is 5.72. The lowest BCUT2D eigenvalue weighted by molar-refractivity contribution is -0.486. The van der Waals surface area contributed by atoms with Gasteiger partial charge in [0.25, 0.3) is 0 Å². The van der Waals surface area contributed by atoms with Crippen LogP contribution in [-0.2, 0) is 9.53 Å². The number of hydrogen-bond acceptors (Lipinski definition) is 4. The summed E-state index contributed by atoms with van der Waals surface area (Å²) in [5, 5.41) is 10.3. The molecule has 1 unspecified atom stereocenters. The normalized spacial score (nSPS) is 12.1. The molecule has 0 spiro atoms. The van der Waals surface area contributed by atoms with E-state index in [4.69, 9.17) is 0 Å². The Morgan fingerprint density at radius 1 is 1.40 bits per heavy atom. The van der Waals surface area contributed by atoms with Gasteiger partial charge < -0.3 is 4.74 Å². The minimum Gasteiger partial charge on any atom is -0.469 e. The van der Waals surface area contributed by atoms with Crippen LogP contribution in [0.2, 0.25) is 0 Å². The zero-order valence-corrected chi connectivity index (χ0v) is 9.40. The molecular weight excluding hydrogens is 198 g/mol. The summed E-state index contributed by atoms with van der Waals surface area (Å²) in [4.78, 5) is 21.0. The molecule has 15 heavy (non-hydrogen) atoms. The molecule has 1 atom stereocenters. The van der Waals surface area contributed by atoms with Crippen molar-refractivity contribution in [2.45, 2.75) is 39.0 Å². The maximum absolute atomic E-state index is 11.2. The predicted octanol–water partition coefficient (Wildman–Crippen LogP) is 2.02. The van der Waals surface area contributed by atoms with Crippen LogP contribution in [0.5, 0.6) is 0 Å². The molecule has 5 nitrogen and oxygen atoms in total. The van der Waals surface area contributed by atoms with E-state index < -0.39 is 16.8 Å². The Balaban J connectivity index is 3.90. The van der Waals surface area contributed by atoms with E-state index in [0.29, 0.717) is 6.42 Å². The fraction of sp³-hybridized carbons (Fsp3) is 0.900. The smallest absolute Gasteiger partial charge is 0.315 e. The summed E-state index contributed by atoms with van der Waals surface area (Å²) in [6.07, 6.45) is 4.63. The third-order valence-corrected chi connectivity index (χ3v) is 2.31. The largest absolute Gasteiger partial charge is 0.469 e. The Kier molecular flexibility index (Phi) is 7.58. The first-order valence-corrected chi connectivity index (χ1v) is 5.31. The molecular formula is C10H19NO4. The Labute approximate surface area is 90.0 Å². The molecule has 0 bridgehead atoms. The van der Waals surface area contributed by atoms with Crippen molar-refractivity contribution in [3.8, 4) is 0 Å². The van der Waals surface area contributed by atoms with Gasteiger partial charge in [-0.1, -0.05) is 32.6 Å². The molecule has 0 radical (unpaired) electrons. The van der Waals surface area contributed by atoms with Crippen LogP contribution < -0.4 is 0 Å². The number of ether oxygens (including phenoxy) is 1. The van der Waals surface area contributed by atoms with Gasteiger partial charge in [0.15, 0.2) is 0 Å². The van der Waals surface area contributed by atoms with Gasteiger partial charge in [0.1, 0.15) is 5.92 Å². The fourth-order valence-corrected chi connectivity index (χ4v) is 1.45. The van der Waals surface area contributed by atoms with E-state index in [1.807, 2.05) is 0 Å². The van der Waals surface area contributed by atoms with E-state index >= 15 is 0 Å². The van der Waals surface area contributed by atoms with Gasteiger partial charge in [-0.25, -0.2) is 0 Å². The van der Waals surface area contributed by atoms with Gasteiger partial charge in [0.05, 0.1) is 7.11 Å². The number of nitrogens with zero attached hydrogens (tertiary/aromatic N) is 1. The van der Waals surface area contributed by atoms with Gasteiger partial charge >= 0.3 is 5.97 Å². The molecule has 0 aromatic carbocycles. The SMILES string of the molecule is CCCCCCC(C[N+](=O)[O-])C(=O)OC.